The Balaban J connectivity index is 1.53. The van der Waals surface area contributed by atoms with Gasteiger partial charge >= 0.3 is 0 Å². The number of aromatic nitrogens is 3. The molecule has 4 rings (SSSR count). The number of hydrogen-bond donors (Lipinski definition) is 3. The van der Waals surface area contributed by atoms with Gasteiger partial charge in [-0.05, 0) is 68.5 Å². The molecule has 0 aliphatic heterocycles. The summed E-state index contributed by atoms with van der Waals surface area (Å²) >= 11 is 0. The SMILES string of the molecule is CCc1cc(-c2noc(-c3cc(C)nc(C4CCCC4)c3)n2)cc(C)c1OC[C@H](O)CC(O)C(N)=O. The molecule has 192 valence electrons. The van der Waals surface area contributed by atoms with Crippen molar-refractivity contribution < 1.29 is 24.3 Å². The Hall–Kier alpha value is -3.30. The monoisotopic (exact) mass is 494 g/mol. The highest BCUT2D eigenvalue weighted by atomic mass is 16.5. The van der Waals surface area contributed by atoms with Crippen LogP contribution in [0.15, 0.2) is 28.8 Å². The van der Waals surface area contributed by atoms with E-state index in [1.807, 2.05) is 39.0 Å². The zero-order valence-electron chi connectivity index (χ0n) is 21.0. The van der Waals surface area contributed by atoms with Crippen LogP contribution in [0.25, 0.3) is 22.8 Å². The molecule has 2 atom stereocenters. The van der Waals surface area contributed by atoms with Gasteiger partial charge in [0.2, 0.25) is 11.7 Å². The third-order valence-electron chi connectivity index (χ3n) is 6.65. The summed E-state index contributed by atoms with van der Waals surface area (Å²) in [5.41, 5.74) is 10.5. The van der Waals surface area contributed by atoms with E-state index in [-0.39, 0.29) is 13.0 Å². The zero-order valence-corrected chi connectivity index (χ0v) is 21.0. The number of amides is 1. The van der Waals surface area contributed by atoms with Gasteiger partial charge < -0.3 is 25.2 Å². The molecule has 0 saturated heterocycles. The number of aliphatic hydroxyl groups excluding tert-OH is 2. The van der Waals surface area contributed by atoms with Crippen molar-refractivity contribution in [3.63, 3.8) is 0 Å². The molecular formula is C27H34N4O5. The molecule has 4 N–H and O–H groups in total. The van der Waals surface area contributed by atoms with Gasteiger partial charge in [0.15, 0.2) is 0 Å². The molecule has 9 nitrogen and oxygen atoms in total. The predicted molar refractivity (Wildman–Crippen MR) is 134 cm³/mol. The van der Waals surface area contributed by atoms with Crippen molar-refractivity contribution >= 4 is 5.91 Å². The highest BCUT2D eigenvalue weighted by Crippen LogP contribution is 2.35. The van der Waals surface area contributed by atoms with E-state index in [1.54, 1.807) is 0 Å². The van der Waals surface area contributed by atoms with Crippen LogP contribution in [0.4, 0.5) is 0 Å². The van der Waals surface area contributed by atoms with E-state index in [9.17, 15) is 15.0 Å². The molecule has 1 aliphatic rings. The standard InChI is InChI=1S/C27H34N4O5/c1-4-17-11-19(9-15(2)24(17)35-14-21(32)13-23(33)25(28)34)26-30-27(36-31-26)20-10-16(3)29-22(12-20)18-7-5-6-8-18/h9-12,18,21,23,32-33H,4-8,13-14H2,1-3H3,(H2,28,34)/t21-,23?/m1/s1. The van der Waals surface area contributed by atoms with Gasteiger partial charge in [0, 0.05) is 34.9 Å². The van der Waals surface area contributed by atoms with Crippen molar-refractivity contribution in [3.05, 3.63) is 46.8 Å². The third-order valence-corrected chi connectivity index (χ3v) is 6.65. The maximum Gasteiger partial charge on any atom is 0.258 e. The van der Waals surface area contributed by atoms with Gasteiger partial charge in [-0.15, -0.1) is 0 Å². The first-order valence-electron chi connectivity index (χ1n) is 12.5. The van der Waals surface area contributed by atoms with Crippen LogP contribution >= 0.6 is 0 Å². The van der Waals surface area contributed by atoms with Crippen LogP contribution in [0, 0.1) is 13.8 Å². The maximum atomic E-state index is 11.0. The van der Waals surface area contributed by atoms with E-state index in [4.69, 9.17) is 20.0 Å². The number of aryl methyl sites for hydroxylation is 3. The van der Waals surface area contributed by atoms with Crippen LogP contribution in [-0.2, 0) is 11.2 Å². The van der Waals surface area contributed by atoms with E-state index >= 15 is 0 Å². The number of rotatable bonds is 10. The minimum absolute atomic E-state index is 0.0748. The molecule has 36 heavy (non-hydrogen) atoms. The van der Waals surface area contributed by atoms with Crippen LogP contribution in [-0.4, -0.2) is 50.1 Å². The number of primary amides is 1. The highest BCUT2D eigenvalue weighted by molar-refractivity contribution is 5.78. The van der Waals surface area contributed by atoms with Crippen molar-refractivity contribution in [2.75, 3.05) is 6.61 Å². The topological polar surface area (TPSA) is 145 Å². The lowest BCUT2D eigenvalue weighted by Crippen LogP contribution is -2.33. The fourth-order valence-corrected chi connectivity index (χ4v) is 4.77. The van der Waals surface area contributed by atoms with Crippen LogP contribution in [0.5, 0.6) is 5.75 Å². The molecule has 1 saturated carbocycles. The average Bonchev–Trinajstić information content (AvgIpc) is 3.55. The van der Waals surface area contributed by atoms with Crippen molar-refractivity contribution in [1.82, 2.24) is 15.1 Å². The largest absolute Gasteiger partial charge is 0.490 e. The van der Waals surface area contributed by atoms with E-state index in [0.717, 1.165) is 33.6 Å². The van der Waals surface area contributed by atoms with Crippen LogP contribution in [0.1, 0.15) is 67.5 Å². The molecule has 3 aromatic rings. The summed E-state index contributed by atoms with van der Waals surface area (Å²) in [5.74, 6) is 1.20. The van der Waals surface area contributed by atoms with Crippen LogP contribution in [0.3, 0.4) is 0 Å². The highest BCUT2D eigenvalue weighted by Gasteiger charge is 2.22. The number of nitrogens with two attached hydrogens (primary N) is 1. The van der Waals surface area contributed by atoms with Gasteiger partial charge in [-0.2, -0.15) is 4.98 Å². The van der Waals surface area contributed by atoms with Gasteiger partial charge in [-0.25, -0.2) is 0 Å². The Kier molecular flexibility index (Phi) is 8.01. The number of hydrogen-bond acceptors (Lipinski definition) is 8. The predicted octanol–water partition coefficient (Wildman–Crippen LogP) is 3.61. The van der Waals surface area contributed by atoms with Crippen molar-refractivity contribution in [2.24, 2.45) is 5.73 Å². The summed E-state index contributed by atoms with van der Waals surface area (Å²) in [7, 11) is 0. The summed E-state index contributed by atoms with van der Waals surface area (Å²) in [6.07, 6.45) is 2.88. The van der Waals surface area contributed by atoms with E-state index in [0.29, 0.717) is 29.8 Å². The Morgan fingerprint density at radius 1 is 1.14 bits per heavy atom. The fourth-order valence-electron chi connectivity index (χ4n) is 4.77. The van der Waals surface area contributed by atoms with E-state index in [1.165, 1.54) is 25.7 Å². The summed E-state index contributed by atoms with van der Waals surface area (Å²) in [6.45, 7) is 5.82. The molecule has 9 heteroatoms. The molecule has 1 fully saturated rings. The van der Waals surface area contributed by atoms with Crippen LogP contribution in [0.2, 0.25) is 0 Å². The first kappa shape index (κ1) is 25.8. The summed E-state index contributed by atoms with van der Waals surface area (Å²) in [4.78, 5) is 20.4. The van der Waals surface area contributed by atoms with Crippen molar-refractivity contribution in [2.45, 2.75) is 77.4 Å². The molecule has 1 aliphatic carbocycles. The summed E-state index contributed by atoms with van der Waals surface area (Å²) < 4.78 is 11.5. The quantitative estimate of drug-likeness (QED) is 0.388. The van der Waals surface area contributed by atoms with E-state index in [2.05, 4.69) is 16.2 Å². The second kappa shape index (κ2) is 11.2. The lowest BCUT2D eigenvalue weighted by Gasteiger charge is -2.18. The molecule has 0 spiro atoms. The smallest absolute Gasteiger partial charge is 0.258 e. The molecule has 2 heterocycles. The first-order valence-corrected chi connectivity index (χ1v) is 12.5. The molecular weight excluding hydrogens is 460 g/mol. The zero-order chi connectivity index (χ0) is 25.8. The second-order valence-electron chi connectivity index (χ2n) is 9.58. The number of benzene rings is 1. The number of carbonyl (C=O) groups is 1. The Morgan fingerprint density at radius 3 is 2.58 bits per heavy atom. The lowest BCUT2D eigenvalue weighted by molar-refractivity contribution is -0.127. The summed E-state index contributed by atoms with van der Waals surface area (Å²) in [6, 6.07) is 7.90. The van der Waals surface area contributed by atoms with Crippen molar-refractivity contribution in [1.29, 1.82) is 0 Å². The van der Waals surface area contributed by atoms with Gasteiger partial charge in [-0.3, -0.25) is 9.78 Å². The number of ether oxygens (including phenoxy) is 1. The minimum atomic E-state index is -1.41. The van der Waals surface area contributed by atoms with Crippen molar-refractivity contribution in [3.8, 4) is 28.6 Å². The molecule has 1 aromatic carbocycles. The van der Waals surface area contributed by atoms with E-state index < -0.39 is 18.1 Å². The molecule has 1 unspecified atom stereocenters. The number of aliphatic hydroxyl groups is 2. The second-order valence-corrected chi connectivity index (χ2v) is 9.58. The van der Waals surface area contributed by atoms with Gasteiger partial charge in [0.05, 0.1) is 6.10 Å². The van der Waals surface area contributed by atoms with Gasteiger partial charge in [0.25, 0.3) is 5.89 Å². The third kappa shape index (κ3) is 5.91. The molecule has 0 bridgehead atoms. The maximum absolute atomic E-state index is 11.0. The fraction of sp³-hybridized carbons (Fsp3) is 0.481. The minimum Gasteiger partial charge on any atom is -0.490 e. The Bertz CT molecular complexity index is 1220. The lowest BCUT2D eigenvalue weighted by atomic mass is 10.0. The van der Waals surface area contributed by atoms with Gasteiger partial charge in [0.1, 0.15) is 18.5 Å². The van der Waals surface area contributed by atoms with Gasteiger partial charge in [-0.1, -0.05) is 24.9 Å². The first-order chi connectivity index (χ1) is 17.2. The van der Waals surface area contributed by atoms with Crippen LogP contribution < -0.4 is 10.5 Å². The average molecular weight is 495 g/mol. The molecule has 1 amide bonds. The summed E-state index contributed by atoms with van der Waals surface area (Å²) in [5, 5.41) is 23.9. The number of carbonyl (C=O) groups excluding carboxylic acids is 1. The molecule has 0 radical (unpaired) electrons. The molecule has 2 aromatic heterocycles. The number of pyridine rings is 1. The Morgan fingerprint density at radius 2 is 1.89 bits per heavy atom. The normalized spacial score (nSPS) is 15.7. The number of nitrogens with zero attached hydrogens (tertiary/aromatic N) is 3. The Labute approximate surface area is 210 Å².